The number of nitrogens with one attached hydrogen (secondary N) is 1. The van der Waals surface area contributed by atoms with Crippen molar-refractivity contribution in [1.82, 2.24) is 4.98 Å². The third-order valence-corrected chi connectivity index (χ3v) is 4.63. The summed E-state index contributed by atoms with van der Waals surface area (Å²) in [4.78, 5) is 4.73. The minimum absolute atomic E-state index is 0.684. The highest BCUT2D eigenvalue weighted by molar-refractivity contribution is 7.14. The lowest BCUT2D eigenvalue weighted by atomic mass is 10.0. The number of aromatic nitrogens is 1. The minimum Gasteiger partial charge on any atom is -0.332 e. The molecule has 24 heavy (non-hydrogen) atoms. The number of anilines is 2. The van der Waals surface area contributed by atoms with E-state index < -0.39 is 0 Å². The number of aryl methyl sites for hydroxylation is 2. The van der Waals surface area contributed by atoms with Gasteiger partial charge in [-0.25, -0.2) is 4.98 Å². The SMILES string of the molecule is Cc1cc(C)cc(Nc2nc(-c3ccc(CC(C)C)cc3)cs2)c1. The van der Waals surface area contributed by atoms with Gasteiger partial charge in [-0.05, 0) is 55.0 Å². The molecule has 0 radical (unpaired) electrons. The predicted octanol–water partition coefficient (Wildman–Crippen LogP) is 6.37. The number of benzene rings is 2. The molecule has 0 atom stereocenters. The van der Waals surface area contributed by atoms with Gasteiger partial charge >= 0.3 is 0 Å². The second-order valence-corrected chi connectivity index (χ2v) is 7.69. The molecule has 1 heterocycles. The number of nitrogens with zero attached hydrogens (tertiary/aromatic N) is 1. The highest BCUT2D eigenvalue weighted by atomic mass is 32.1. The zero-order valence-electron chi connectivity index (χ0n) is 14.8. The lowest BCUT2D eigenvalue weighted by molar-refractivity contribution is 0.647. The summed E-state index contributed by atoms with van der Waals surface area (Å²) in [6.45, 7) is 8.73. The Kier molecular flexibility index (Phi) is 5.00. The topological polar surface area (TPSA) is 24.9 Å². The Morgan fingerprint density at radius 3 is 2.29 bits per heavy atom. The highest BCUT2D eigenvalue weighted by Gasteiger charge is 2.06. The predicted molar refractivity (Wildman–Crippen MR) is 105 cm³/mol. The van der Waals surface area contributed by atoms with Gasteiger partial charge in [-0.2, -0.15) is 0 Å². The maximum Gasteiger partial charge on any atom is 0.187 e. The molecular weight excluding hydrogens is 312 g/mol. The van der Waals surface area contributed by atoms with Gasteiger partial charge in [0.25, 0.3) is 0 Å². The first-order valence-corrected chi connectivity index (χ1v) is 9.28. The molecule has 3 aromatic rings. The molecule has 1 aromatic heterocycles. The van der Waals surface area contributed by atoms with Crippen molar-refractivity contribution >= 4 is 22.2 Å². The summed E-state index contributed by atoms with van der Waals surface area (Å²) in [5.74, 6) is 0.684. The molecular formula is C21H24N2S. The molecule has 124 valence electrons. The van der Waals surface area contributed by atoms with Crippen LogP contribution in [0, 0.1) is 19.8 Å². The number of hydrogen-bond donors (Lipinski definition) is 1. The zero-order valence-corrected chi connectivity index (χ0v) is 15.6. The van der Waals surface area contributed by atoms with E-state index in [4.69, 9.17) is 4.98 Å². The summed E-state index contributed by atoms with van der Waals surface area (Å²) in [5, 5.41) is 6.47. The molecule has 0 aliphatic carbocycles. The summed E-state index contributed by atoms with van der Waals surface area (Å²) in [7, 11) is 0. The largest absolute Gasteiger partial charge is 0.332 e. The van der Waals surface area contributed by atoms with E-state index in [0.29, 0.717) is 5.92 Å². The van der Waals surface area contributed by atoms with Gasteiger partial charge < -0.3 is 5.32 Å². The average molecular weight is 337 g/mol. The summed E-state index contributed by atoms with van der Waals surface area (Å²) in [6.07, 6.45) is 1.12. The van der Waals surface area contributed by atoms with E-state index in [1.165, 1.54) is 22.3 Å². The van der Waals surface area contributed by atoms with Gasteiger partial charge in [-0.15, -0.1) is 11.3 Å². The molecule has 0 unspecified atom stereocenters. The van der Waals surface area contributed by atoms with E-state index in [1.54, 1.807) is 11.3 Å². The van der Waals surface area contributed by atoms with Gasteiger partial charge in [0.15, 0.2) is 5.13 Å². The standard InChI is InChI=1S/C21H24N2S/c1-14(2)9-17-5-7-18(8-6-17)20-13-24-21(23-20)22-19-11-15(3)10-16(4)12-19/h5-8,10-14H,9H2,1-4H3,(H,22,23). The van der Waals surface area contributed by atoms with E-state index >= 15 is 0 Å². The second kappa shape index (κ2) is 7.18. The fourth-order valence-electron chi connectivity index (χ4n) is 2.92. The van der Waals surface area contributed by atoms with Gasteiger partial charge in [0.2, 0.25) is 0 Å². The van der Waals surface area contributed by atoms with Gasteiger partial charge in [-0.3, -0.25) is 0 Å². The molecule has 0 bridgehead atoms. The van der Waals surface area contributed by atoms with Crippen LogP contribution in [0.15, 0.2) is 47.8 Å². The van der Waals surface area contributed by atoms with Crippen LogP contribution >= 0.6 is 11.3 Å². The second-order valence-electron chi connectivity index (χ2n) is 6.83. The van der Waals surface area contributed by atoms with E-state index in [1.807, 2.05) is 0 Å². The molecule has 3 rings (SSSR count). The Hall–Kier alpha value is -2.13. The molecule has 2 aromatic carbocycles. The molecule has 1 N–H and O–H groups in total. The third kappa shape index (κ3) is 4.24. The molecule has 0 aliphatic heterocycles. The van der Waals surface area contributed by atoms with Crippen molar-refractivity contribution in [2.24, 2.45) is 5.92 Å². The molecule has 0 fully saturated rings. The van der Waals surface area contributed by atoms with Crippen molar-refractivity contribution in [3.05, 3.63) is 64.5 Å². The maximum atomic E-state index is 4.73. The quantitative estimate of drug-likeness (QED) is 0.585. The first kappa shape index (κ1) is 16.7. The third-order valence-electron chi connectivity index (χ3n) is 3.87. The van der Waals surface area contributed by atoms with Gasteiger partial charge in [0.05, 0.1) is 5.69 Å². The van der Waals surface area contributed by atoms with Crippen LogP contribution in [0.1, 0.15) is 30.5 Å². The van der Waals surface area contributed by atoms with Crippen molar-refractivity contribution in [3.8, 4) is 11.3 Å². The lowest BCUT2D eigenvalue weighted by Crippen LogP contribution is -1.93. The van der Waals surface area contributed by atoms with Crippen molar-refractivity contribution in [1.29, 1.82) is 0 Å². The number of thiazole rings is 1. The monoisotopic (exact) mass is 336 g/mol. The molecule has 0 spiro atoms. The van der Waals surface area contributed by atoms with Crippen LogP contribution < -0.4 is 5.32 Å². The Labute approximate surface area is 148 Å². The van der Waals surface area contributed by atoms with Gasteiger partial charge in [0.1, 0.15) is 0 Å². The van der Waals surface area contributed by atoms with Crippen LogP contribution in [0.5, 0.6) is 0 Å². The molecule has 0 saturated carbocycles. The smallest absolute Gasteiger partial charge is 0.187 e. The Morgan fingerprint density at radius 2 is 1.67 bits per heavy atom. The van der Waals surface area contributed by atoms with Gasteiger partial charge in [-0.1, -0.05) is 44.2 Å². The van der Waals surface area contributed by atoms with Crippen LogP contribution in [0.25, 0.3) is 11.3 Å². The van der Waals surface area contributed by atoms with E-state index in [9.17, 15) is 0 Å². The zero-order chi connectivity index (χ0) is 17.1. The Bertz CT molecular complexity index is 796. The van der Waals surface area contributed by atoms with E-state index in [-0.39, 0.29) is 0 Å². The number of hydrogen-bond acceptors (Lipinski definition) is 3. The summed E-state index contributed by atoms with van der Waals surface area (Å²) < 4.78 is 0. The molecule has 3 heteroatoms. The summed E-state index contributed by atoms with van der Waals surface area (Å²) in [6, 6.07) is 15.2. The van der Waals surface area contributed by atoms with Crippen LogP contribution in [0.3, 0.4) is 0 Å². The fraction of sp³-hybridized carbons (Fsp3) is 0.286. The summed E-state index contributed by atoms with van der Waals surface area (Å²) >= 11 is 1.64. The van der Waals surface area contributed by atoms with Crippen LogP contribution in [-0.2, 0) is 6.42 Å². The molecule has 2 nitrogen and oxygen atoms in total. The molecule has 0 aliphatic rings. The fourth-order valence-corrected chi connectivity index (χ4v) is 3.66. The molecule has 0 amide bonds. The van der Waals surface area contributed by atoms with Crippen LogP contribution in [-0.4, -0.2) is 4.98 Å². The first-order chi connectivity index (χ1) is 11.5. The summed E-state index contributed by atoms with van der Waals surface area (Å²) in [5.41, 5.74) is 7.21. The lowest BCUT2D eigenvalue weighted by Gasteiger charge is -2.06. The highest BCUT2D eigenvalue weighted by Crippen LogP contribution is 2.28. The van der Waals surface area contributed by atoms with E-state index in [0.717, 1.165) is 22.9 Å². The van der Waals surface area contributed by atoms with Crippen LogP contribution in [0.4, 0.5) is 10.8 Å². The van der Waals surface area contributed by atoms with Crippen molar-refractivity contribution in [2.75, 3.05) is 5.32 Å². The average Bonchev–Trinajstić information content (AvgIpc) is 2.94. The minimum atomic E-state index is 0.684. The maximum absolute atomic E-state index is 4.73. The Morgan fingerprint density at radius 1 is 1.00 bits per heavy atom. The van der Waals surface area contributed by atoms with Crippen LogP contribution in [0.2, 0.25) is 0 Å². The normalized spacial score (nSPS) is 11.0. The van der Waals surface area contributed by atoms with Crippen molar-refractivity contribution in [2.45, 2.75) is 34.1 Å². The van der Waals surface area contributed by atoms with Crippen molar-refractivity contribution in [3.63, 3.8) is 0 Å². The Balaban J connectivity index is 1.75. The van der Waals surface area contributed by atoms with E-state index in [2.05, 4.69) is 80.9 Å². The van der Waals surface area contributed by atoms with Gasteiger partial charge in [0, 0.05) is 16.6 Å². The number of rotatable bonds is 5. The van der Waals surface area contributed by atoms with Crippen molar-refractivity contribution < 1.29 is 0 Å². The first-order valence-electron chi connectivity index (χ1n) is 8.40. The molecule has 0 saturated heterocycles.